The smallest absolute Gasteiger partial charge is 0.309 e. The predicted octanol–water partition coefficient (Wildman–Crippen LogP) is 4.27. The summed E-state index contributed by atoms with van der Waals surface area (Å²) in [5.41, 5.74) is -0.285. The zero-order chi connectivity index (χ0) is 15.5. The van der Waals surface area contributed by atoms with Crippen LogP contribution in [0.4, 0.5) is 22.0 Å². The Balaban J connectivity index is 2.05. The van der Waals surface area contributed by atoms with E-state index in [1.54, 1.807) is 0 Å². The molecule has 0 saturated heterocycles. The highest BCUT2D eigenvalue weighted by Gasteiger charge is 2.33. The van der Waals surface area contributed by atoms with Gasteiger partial charge in [0.2, 0.25) is 0 Å². The van der Waals surface area contributed by atoms with Gasteiger partial charge in [-0.05, 0) is 35.4 Å². The first kappa shape index (κ1) is 15.4. The molecular weight excluding hydrogens is 289 g/mol. The molecule has 0 heterocycles. The lowest BCUT2D eigenvalue weighted by atomic mass is 10.1. The maximum Gasteiger partial charge on any atom is 0.416 e. The van der Waals surface area contributed by atoms with Crippen LogP contribution in [-0.4, -0.2) is 0 Å². The fourth-order valence-corrected chi connectivity index (χ4v) is 1.91. The molecule has 112 valence electrons. The third-order valence-electron chi connectivity index (χ3n) is 2.94. The minimum absolute atomic E-state index is 0.0361. The van der Waals surface area contributed by atoms with Gasteiger partial charge in [-0.1, -0.05) is 18.2 Å². The lowest BCUT2D eigenvalue weighted by Gasteiger charge is -2.13. The second kappa shape index (κ2) is 6.22. The van der Waals surface area contributed by atoms with E-state index in [4.69, 9.17) is 0 Å². The Morgan fingerprint density at radius 3 is 2.05 bits per heavy atom. The van der Waals surface area contributed by atoms with Crippen LogP contribution in [-0.2, 0) is 19.3 Å². The highest BCUT2D eigenvalue weighted by molar-refractivity contribution is 5.30. The van der Waals surface area contributed by atoms with E-state index < -0.39 is 17.6 Å². The minimum Gasteiger partial charge on any atom is -0.309 e. The fraction of sp³-hybridized carbons (Fsp3) is 0.200. The van der Waals surface area contributed by atoms with E-state index in [1.807, 2.05) is 0 Å². The summed E-state index contributed by atoms with van der Waals surface area (Å²) in [7, 11) is 0. The summed E-state index contributed by atoms with van der Waals surface area (Å²) in [4.78, 5) is 0. The number of hydrogen-bond acceptors (Lipinski definition) is 1. The Hall–Kier alpha value is -1.95. The first-order valence-corrected chi connectivity index (χ1v) is 6.17. The van der Waals surface area contributed by atoms with Crippen molar-refractivity contribution in [2.75, 3.05) is 0 Å². The van der Waals surface area contributed by atoms with Crippen molar-refractivity contribution in [1.29, 1.82) is 0 Å². The summed E-state index contributed by atoms with van der Waals surface area (Å²) in [5.74, 6) is -1.30. The maximum absolute atomic E-state index is 12.9. The summed E-state index contributed by atoms with van der Waals surface area (Å²) in [5, 5.41) is 2.82. The third kappa shape index (κ3) is 4.26. The number of halogens is 5. The van der Waals surface area contributed by atoms with E-state index in [9.17, 15) is 22.0 Å². The average molecular weight is 301 g/mol. The molecule has 0 amide bonds. The van der Waals surface area contributed by atoms with Crippen LogP contribution in [0.2, 0.25) is 0 Å². The van der Waals surface area contributed by atoms with Crippen LogP contribution in [0.3, 0.4) is 0 Å². The van der Waals surface area contributed by atoms with Gasteiger partial charge in [-0.2, -0.15) is 13.2 Å². The molecule has 2 aromatic carbocycles. The lowest BCUT2D eigenvalue weighted by Crippen LogP contribution is -2.17. The van der Waals surface area contributed by atoms with E-state index in [2.05, 4.69) is 5.32 Å². The zero-order valence-corrected chi connectivity index (χ0v) is 10.8. The van der Waals surface area contributed by atoms with Crippen LogP contribution in [0.5, 0.6) is 0 Å². The molecule has 0 radical (unpaired) electrons. The molecule has 0 aliphatic heterocycles. The first-order chi connectivity index (χ1) is 9.86. The molecule has 0 aliphatic rings. The Labute approximate surface area is 118 Å². The molecule has 1 nitrogen and oxygen atoms in total. The number of nitrogens with one attached hydrogen (secondary N) is 1. The van der Waals surface area contributed by atoms with Crippen LogP contribution in [0.15, 0.2) is 42.5 Å². The molecule has 0 aromatic heterocycles. The fourth-order valence-electron chi connectivity index (χ4n) is 1.91. The molecule has 0 fully saturated rings. The van der Waals surface area contributed by atoms with Crippen molar-refractivity contribution in [2.45, 2.75) is 19.3 Å². The highest BCUT2D eigenvalue weighted by atomic mass is 19.4. The van der Waals surface area contributed by atoms with E-state index in [1.165, 1.54) is 24.3 Å². The van der Waals surface area contributed by atoms with E-state index in [0.29, 0.717) is 6.07 Å². The number of hydrogen-bond donors (Lipinski definition) is 1. The van der Waals surface area contributed by atoms with E-state index >= 15 is 0 Å². The van der Waals surface area contributed by atoms with Gasteiger partial charge in [0.25, 0.3) is 0 Å². The molecular formula is C15H12F5N. The predicted molar refractivity (Wildman–Crippen MR) is 68.3 cm³/mol. The minimum atomic E-state index is -4.60. The third-order valence-corrected chi connectivity index (χ3v) is 2.94. The molecule has 0 saturated carbocycles. The van der Waals surface area contributed by atoms with Crippen LogP contribution in [0, 0.1) is 11.6 Å². The standard InChI is InChI=1S/C15H12F5N/c16-12-4-1-10(2-5-12)8-21-9-11-3-6-13(17)7-14(11)15(18,19)20/h1-7,21H,8-9H2. The normalized spacial score (nSPS) is 11.7. The zero-order valence-electron chi connectivity index (χ0n) is 10.8. The Kier molecular flexibility index (Phi) is 4.57. The van der Waals surface area contributed by atoms with Gasteiger partial charge in [-0.15, -0.1) is 0 Å². The van der Waals surface area contributed by atoms with Crippen molar-refractivity contribution in [3.63, 3.8) is 0 Å². The average Bonchev–Trinajstić information content (AvgIpc) is 2.41. The van der Waals surface area contributed by atoms with Crippen LogP contribution in [0.25, 0.3) is 0 Å². The van der Waals surface area contributed by atoms with Gasteiger partial charge in [0.05, 0.1) is 5.56 Å². The van der Waals surface area contributed by atoms with E-state index in [-0.39, 0.29) is 24.5 Å². The number of alkyl halides is 3. The van der Waals surface area contributed by atoms with Gasteiger partial charge in [-0.3, -0.25) is 0 Å². The Bertz CT molecular complexity index is 604. The van der Waals surface area contributed by atoms with Gasteiger partial charge < -0.3 is 5.32 Å². The molecule has 0 unspecified atom stereocenters. The van der Waals surface area contributed by atoms with Crippen molar-refractivity contribution >= 4 is 0 Å². The van der Waals surface area contributed by atoms with Gasteiger partial charge in [0, 0.05) is 13.1 Å². The summed E-state index contributed by atoms with van der Waals surface area (Å²) in [6.45, 7) is 0.224. The molecule has 6 heteroatoms. The summed E-state index contributed by atoms with van der Waals surface area (Å²) >= 11 is 0. The molecule has 0 aliphatic carbocycles. The monoisotopic (exact) mass is 301 g/mol. The molecule has 21 heavy (non-hydrogen) atoms. The second-order valence-corrected chi connectivity index (χ2v) is 4.53. The Morgan fingerprint density at radius 2 is 1.43 bits per heavy atom. The first-order valence-electron chi connectivity index (χ1n) is 6.17. The highest BCUT2D eigenvalue weighted by Crippen LogP contribution is 2.32. The summed E-state index contributed by atoms with van der Waals surface area (Å²) in [6.07, 6.45) is -4.60. The van der Waals surface area contributed by atoms with Crippen molar-refractivity contribution < 1.29 is 22.0 Å². The van der Waals surface area contributed by atoms with Gasteiger partial charge >= 0.3 is 6.18 Å². The molecule has 2 rings (SSSR count). The van der Waals surface area contributed by atoms with Crippen molar-refractivity contribution in [1.82, 2.24) is 5.32 Å². The molecule has 1 N–H and O–H groups in total. The molecule has 0 spiro atoms. The molecule has 0 bridgehead atoms. The Morgan fingerprint density at radius 1 is 0.810 bits per heavy atom. The van der Waals surface area contributed by atoms with Gasteiger partial charge in [0.15, 0.2) is 0 Å². The number of rotatable bonds is 4. The largest absolute Gasteiger partial charge is 0.416 e. The van der Waals surface area contributed by atoms with Crippen molar-refractivity contribution in [2.24, 2.45) is 0 Å². The van der Waals surface area contributed by atoms with Gasteiger partial charge in [-0.25, -0.2) is 8.78 Å². The van der Waals surface area contributed by atoms with Gasteiger partial charge in [0.1, 0.15) is 11.6 Å². The molecule has 2 aromatic rings. The second-order valence-electron chi connectivity index (χ2n) is 4.53. The topological polar surface area (TPSA) is 12.0 Å². The number of benzene rings is 2. The maximum atomic E-state index is 12.9. The quantitative estimate of drug-likeness (QED) is 0.831. The van der Waals surface area contributed by atoms with E-state index in [0.717, 1.165) is 17.7 Å². The van der Waals surface area contributed by atoms with Crippen LogP contribution in [0.1, 0.15) is 16.7 Å². The lowest BCUT2D eigenvalue weighted by molar-refractivity contribution is -0.138. The molecule has 0 atom stereocenters. The van der Waals surface area contributed by atoms with Crippen LogP contribution >= 0.6 is 0 Å². The SMILES string of the molecule is Fc1ccc(CNCc2ccc(F)cc2C(F)(F)F)cc1. The van der Waals surface area contributed by atoms with Crippen LogP contribution < -0.4 is 5.32 Å². The van der Waals surface area contributed by atoms with Crippen molar-refractivity contribution in [3.8, 4) is 0 Å². The summed E-state index contributed by atoms with van der Waals surface area (Å²) in [6, 6.07) is 8.20. The summed E-state index contributed by atoms with van der Waals surface area (Å²) < 4.78 is 64.0. The van der Waals surface area contributed by atoms with Crippen molar-refractivity contribution in [3.05, 3.63) is 70.8 Å².